The molecule has 0 bridgehead atoms. The number of halogens is 1. The monoisotopic (exact) mass is 407 g/mol. The maximum absolute atomic E-state index is 14.0. The predicted octanol–water partition coefficient (Wildman–Crippen LogP) is 3.80. The molecule has 3 heterocycles. The summed E-state index contributed by atoms with van der Waals surface area (Å²) in [5.74, 6) is 0.741. The number of aromatic nitrogens is 5. The number of ether oxygens (including phenoxy) is 2. The fraction of sp³-hybridized carbons (Fsp3) is 0.238. The van der Waals surface area contributed by atoms with Crippen LogP contribution in [0.25, 0.3) is 23.0 Å². The molecule has 152 valence electrons. The van der Waals surface area contributed by atoms with Crippen molar-refractivity contribution in [1.29, 1.82) is 0 Å². The van der Waals surface area contributed by atoms with E-state index in [9.17, 15) is 4.39 Å². The molecular weight excluding hydrogens is 389 g/mol. The van der Waals surface area contributed by atoms with E-state index < -0.39 is 5.82 Å². The molecule has 1 atom stereocenters. The normalized spacial score (nSPS) is 15.7. The first-order valence-electron chi connectivity index (χ1n) is 9.58. The Bertz CT molecular complexity index is 1170. The molecule has 0 unspecified atom stereocenters. The Morgan fingerprint density at radius 2 is 2.00 bits per heavy atom. The Labute approximate surface area is 171 Å². The van der Waals surface area contributed by atoms with Crippen molar-refractivity contribution in [2.45, 2.75) is 26.2 Å². The van der Waals surface area contributed by atoms with E-state index in [4.69, 9.17) is 14.0 Å². The van der Waals surface area contributed by atoms with Gasteiger partial charge in [0.25, 0.3) is 5.89 Å². The minimum Gasteiger partial charge on any atom is -0.494 e. The third-order valence-electron chi connectivity index (χ3n) is 4.90. The van der Waals surface area contributed by atoms with Crippen LogP contribution in [0.15, 0.2) is 53.1 Å². The summed E-state index contributed by atoms with van der Waals surface area (Å²) in [5.41, 5.74) is 2.47. The molecule has 0 aliphatic carbocycles. The van der Waals surface area contributed by atoms with E-state index in [0.29, 0.717) is 18.8 Å². The van der Waals surface area contributed by atoms with Gasteiger partial charge in [-0.1, -0.05) is 34.6 Å². The van der Waals surface area contributed by atoms with Crippen LogP contribution in [0.3, 0.4) is 0 Å². The first kappa shape index (κ1) is 18.4. The number of nitrogens with zero attached hydrogens (tertiary/aromatic N) is 5. The zero-order chi connectivity index (χ0) is 20.5. The van der Waals surface area contributed by atoms with Gasteiger partial charge in [0.1, 0.15) is 17.7 Å². The van der Waals surface area contributed by atoms with Gasteiger partial charge in [0.2, 0.25) is 5.82 Å². The van der Waals surface area contributed by atoms with Crippen LogP contribution in [0.2, 0.25) is 0 Å². The lowest BCUT2D eigenvalue weighted by molar-refractivity contribution is -0.00119. The number of hydrogen-bond donors (Lipinski definition) is 0. The maximum Gasteiger partial charge on any atom is 0.280 e. The van der Waals surface area contributed by atoms with Crippen LogP contribution >= 0.6 is 0 Å². The van der Waals surface area contributed by atoms with Gasteiger partial charge >= 0.3 is 0 Å². The lowest BCUT2D eigenvalue weighted by atomic mass is 10.1. The van der Waals surface area contributed by atoms with Gasteiger partial charge < -0.3 is 14.0 Å². The molecule has 0 saturated heterocycles. The third-order valence-corrected chi connectivity index (χ3v) is 4.90. The van der Waals surface area contributed by atoms with Gasteiger partial charge in [-0.3, -0.25) is 0 Å². The van der Waals surface area contributed by atoms with E-state index >= 15 is 0 Å². The zero-order valence-electron chi connectivity index (χ0n) is 16.2. The molecule has 8 nitrogen and oxygen atoms in total. The minimum absolute atomic E-state index is 0.153. The summed E-state index contributed by atoms with van der Waals surface area (Å²) in [6.45, 7) is 3.37. The second-order valence-corrected chi connectivity index (χ2v) is 6.77. The quantitative estimate of drug-likeness (QED) is 0.497. The van der Waals surface area contributed by atoms with Gasteiger partial charge in [0, 0.05) is 0 Å². The van der Waals surface area contributed by atoms with Crippen molar-refractivity contribution in [3.63, 3.8) is 0 Å². The molecule has 30 heavy (non-hydrogen) atoms. The molecule has 4 aromatic rings. The summed E-state index contributed by atoms with van der Waals surface area (Å²) in [6, 6.07) is 14.1. The Morgan fingerprint density at radius 1 is 1.17 bits per heavy atom. The number of fused-ring (bicyclic) bond motifs is 1. The van der Waals surface area contributed by atoms with Crippen molar-refractivity contribution < 1.29 is 18.4 Å². The van der Waals surface area contributed by atoms with E-state index in [2.05, 4.69) is 20.5 Å². The molecule has 5 rings (SSSR count). The first-order valence-corrected chi connectivity index (χ1v) is 9.58. The predicted molar refractivity (Wildman–Crippen MR) is 104 cm³/mol. The summed E-state index contributed by atoms with van der Waals surface area (Å²) in [5, 5.41) is 12.3. The van der Waals surface area contributed by atoms with Gasteiger partial charge in [0.05, 0.1) is 31.0 Å². The van der Waals surface area contributed by atoms with Gasteiger partial charge in [-0.15, -0.1) is 5.10 Å². The molecular formula is C21H18FN5O3. The Hall–Kier alpha value is -3.59. The zero-order valence-corrected chi connectivity index (χ0v) is 16.2. The molecule has 0 fully saturated rings. The van der Waals surface area contributed by atoms with Gasteiger partial charge in [0.15, 0.2) is 5.69 Å². The third kappa shape index (κ3) is 3.33. The fourth-order valence-electron chi connectivity index (χ4n) is 3.40. The van der Waals surface area contributed by atoms with Crippen molar-refractivity contribution in [2.75, 3.05) is 6.61 Å². The van der Waals surface area contributed by atoms with Gasteiger partial charge in [-0.25, -0.2) is 9.07 Å². The van der Waals surface area contributed by atoms with Crippen LogP contribution in [0.4, 0.5) is 4.39 Å². The molecule has 0 saturated carbocycles. The summed E-state index contributed by atoms with van der Waals surface area (Å²) in [6.07, 6.45) is -0.153. The molecule has 0 radical (unpaired) electrons. The van der Waals surface area contributed by atoms with Crippen molar-refractivity contribution in [2.24, 2.45) is 0 Å². The van der Waals surface area contributed by atoms with Crippen molar-refractivity contribution in [3.8, 4) is 28.7 Å². The van der Waals surface area contributed by atoms with E-state index in [1.165, 1.54) is 6.07 Å². The lowest BCUT2D eigenvalue weighted by Crippen LogP contribution is -2.22. The molecule has 0 amide bonds. The second kappa shape index (κ2) is 7.68. The number of benzene rings is 2. The number of hydrogen-bond acceptors (Lipinski definition) is 7. The average molecular weight is 407 g/mol. The highest BCUT2D eigenvalue weighted by atomic mass is 19.1. The highest BCUT2D eigenvalue weighted by Gasteiger charge is 2.28. The minimum atomic E-state index is -0.420. The van der Waals surface area contributed by atoms with Crippen LogP contribution in [-0.2, 0) is 17.9 Å². The fourth-order valence-corrected chi connectivity index (χ4v) is 3.40. The van der Waals surface area contributed by atoms with E-state index in [-0.39, 0.29) is 30.0 Å². The standard InChI is InChI=1S/C21H18FN5O3/c1-2-28-14-9-7-13(8-10-14)18-11-27-17(12-29-18)19(24-26-27)21-23-20(25-30-21)15-5-3-4-6-16(15)22/h3-10,18H,2,11-12H2,1H3/t18-/m0/s1. The SMILES string of the molecule is CCOc1ccc([C@@H]2Cn3nnc(-c4nc(-c5ccccc5F)no4)c3CO2)cc1. The van der Waals surface area contributed by atoms with E-state index in [0.717, 1.165) is 17.0 Å². The molecule has 0 spiro atoms. The summed E-state index contributed by atoms with van der Waals surface area (Å²) in [4.78, 5) is 4.29. The first-order chi connectivity index (χ1) is 14.7. The van der Waals surface area contributed by atoms with Gasteiger partial charge in [-0.05, 0) is 36.8 Å². The van der Waals surface area contributed by atoms with E-state index in [1.807, 2.05) is 31.2 Å². The lowest BCUT2D eigenvalue weighted by Gasteiger charge is -2.24. The van der Waals surface area contributed by atoms with Crippen LogP contribution in [-0.4, -0.2) is 31.7 Å². The Morgan fingerprint density at radius 3 is 2.80 bits per heavy atom. The molecule has 1 aliphatic rings. The highest BCUT2D eigenvalue weighted by Crippen LogP contribution is 2.31. The van der Waals surface area contributed by atoms with Crippen LogP contribution in [0.5, 0.6) is 5.75 Å². The molecule has 9 heteroatoms. The second-order valence-electron chi connectivity index (χ2n) is 6.77. The number of rotatable bonds is 5. The Balaban J connectivity index is 1.37. The molecule has 2 aromatic heterocycles. The highest BCUT2D eigenvalue weighted by molar-refractivity contribution is 5.59. The van der Waals surface area contributed by atoms with Crippen LogP contribution in [0, 0.1) is 5.82 Å². The maximum atomic E-state index is 14.0. The summed E-state index contributed by atoms with van der Waals surface area (Å²) in [7, 11) is 0. The topological polar surface area (TPSA) is 88.1 Å². The molecule has 0 N–H and O–H groups in total. The van der Waals surface area contributed by atoms with Crippen LogP contribution < -0.4 is 4.74 Å². The summed E-state index contributed by atoms with van der Waals surface area (Å²) < 4.78 is 32.6. The van der Waals surface area contributed by atoms with Crippen LogP contribution in [0.1, 0.15) is 24.3 Å². The van der Waals surface area contributed by atoms with Crippen molar-refractivity contribution >= 4 is 0 Å². The smallest absolute Gasteiger partial charge is 0.280 e. The average Bonchev–Trinajstić information content (AvgIpc) is 3.41. The van der Waals surface area contributed by atoms with Gasteiger partial charge in [-0.2, -0.15) is 4.98 Å². The molecule has 1 aliphatic heterocycles. The molecule has 2 aromatic carbocycles. The largest absolute Gasteiger partial charge is 0.494 e. The Kier molecular flexibility index (Phi) is 4.72. The van der Waals surface area contributed by atoms with Crippen molar-refractivity contribution in [3.05, 3.63) is 65.6 Å². The van der Waals surface area contributed by atoms with E-state index in [1.54, 1.807) is 22.9 Å². The van der Waals surface area contributed by atoms with Crippen molar-refractivity contribution in [1.82, 2.24) is 25.1 Å². The summed E-state index contributed by atoms with van der Waals surface area (Å²) >= 11 is 0.